The SMILES string of the molecule is O[C@H]1c2ccccc2C[C@@H]1N1CCc2[nH]ncc2C1. The molecule has 1 aromatic carbocycles. The number of rotatable bonds is 1. The van der Waals surface area contributed by atoms with Crippen LogP contribution in [-0.4, -0.2) is 32.8 Å². The van der Waals surface area contributed by atoms with Crippen LogP contribution in [0.5, 0.6) is 0 Å². The van der Waals surface area contributed by atoms with E-state index in [9.17, 15) is 5.11 Å². The van der Waals surface area contributed by atoms with Gasteiger partial charge in [-0.1, -0.05) is 24.3 Å². The summed E-state index contributed by atoms with van der Waals surface area (Å²) in [4.78, 5) is 2.39. The summed E-state index contributed by atoms with van der Waals surface area (Å²) in [6.07, 6.45) is 3.50. The molecule has 4 nitrogen and oxygen atoms in total. The van der Waals surface area contributed by atoms with E-state index in [1.54, 1.807) is 0 Å². The van der Waals surface area contributed by atoms with Crippen molar-refractivity contribution in [2.75, 3.05) is 6.54 Å². The maximum absolute atomic E-state index is 10.5. The Morgan fingerprint density at radius 2 is 2.16 bits per heavy atom. The molecule has 4 rings (SSSR count). The van der Waals surface area contributed by atoms with Crippen LogP contribution in [0.2, 0.25) is 0 Å². The summed E-state index contributed by atoms with van der Waals surface area (Å²) in [5.74, 6) is 0. The van der Waals surface area contributed by atoms with Gasteiger partial charge in [0, 0.05) is 36.8 Å². The van der Waals surface area contributed by atoms with E-state index in [4.69, 9.17) is 0 Å². The lowest BCUT2D eigenvalue weighted by Gasteiger charge is -2.33. The Bertz CT molecular complexity index is 607. The van der Waals surface area contributed by atoms with E-state index in [1.165, 1.54) is 16.8 Å². The number of nitrogens with zero attached hydrogens (tertiary/aromatic N) is 2. The van der Waals surface area contributed by atoms with Crippen LogP contribution in [0.25, 0.3) is 0 Å². The van der Waals surface area contributed by atoms with E-state index < -0.39 is 0 Å². The Hall–Kier alpha value is -1.65. The Morgan fingerprint density at radius 1 is 1.26 bits per heavy atom. The van der Waals surface area contributed by atoms with Crippen LogP contribution >= 0.6 is 0 Å². The first-order valence-corrected chi connectivity index (χ1v) is 6.84. The summed E-state index contributed by atoms with van der Waals surface area (Å²) in [7, 11) is 0. The molecule has 0 fully saturated rings. The van der Waals surface area contributed by atoms with Crippen molar-refractivity contribution in [3.8, 4) is 0 Å². The number of aromatic amines is 1. The average molecular weight is 255 g/mol. The normalized spacial score (nSPS) is 26.2. The first kappa shape index (κ1) is 11.2. The number of aromatic nitrogens is 2. The molecule has 0 radical (unpaired) electrons. The molecular formula is C15H17N3O. The molecule has 0 unspecified atom stereocenters. The van der Waals surface area contributed by atoms with Gasteiger partial charge in [-0.25, -0.2) is 0 Å². The highest BCUT2D eigenvalue weighted by molar-refractivity contribution is 5.36. The zero-order valence-electron chi connectivity index (χ0n) is 10.7. The fourth-order valence-corrected chi connectivity index (χ4v) is 3.41. The van der Waals surface area contributed by atoms with E-state index in [-0.39, 0.29) is 12.1 Å². The number of nitrogens with one attached hydrogen (secondary N) is 1. The predicted molar refractivity (Wildman–Crippen MR) is 71.6 cm³/mol. The third-order valence-electron chi connectivity index (χ3n) is 4.47. The lowest BCUT2D eigenvalue weighted by Crippen LogP contribution is -2.41. The number of hydrogen-bond donors (Lipinski definition) is 2. The Kier molecular flexibility index (Phi) is 2.47. The van der Waals surface area contributed by atoms with Crippen LogP contribution in [0.4, 0.5) is 0 Å². The summed E-state index contributed by atoms with van der Waals surface area (Å²) in [6, 6.07) is 8.45. The number of H-pyrrole nitrogens is 1. The maximum atomic E-state index is 10.5. The Labute approximate surface area is 112 Å². The van der Waals surface area contributed by atoms with E-state index in [0.29, 0.717) is 0 Å². The van der Waals surface area contributed by atoms with Gasteiger partial charge >= 0.3 is 0 Å². The number of aliphatic hydroxyl groups is 1. The van der Waals surface area contributed by atoms with Crippen molar-refractivity contribution in [1.82, 2.24) is 15.1 Å². The second-order valence-corrected chi connectivity index (χ2v) is 5.51. The van der Waals surface area contributed by atoms with Gasteiger partial charge in [0.05, 0.1) is 12.3 Å². The topological polar surface area (TPSA) is 52.1 Å². The van der Waals surface area contributed by atoms with Crippen molar-refractivity contribution in [1.29, 1.82) is 0 Å². The van der Waals surface area contributed by atoms with Crippen LogP contribution in [0.3, 0.4) is 0 Å². The minimum Gasteiger partial charge on any atom is -0.387 e. The number of fused-ring (bicyclic) bond motifs is 2. The molecule has 2 aromatic rings. The van der Waals surface area contributed by atoms with Gasteiger partial charge in [-0.15, -0.1) is 0 Å². The van der Waals surface area contributed by atoms with Gasteiger partial charge in [-0.3, -0.25) is 10.00 Å². The molecule has 2 atom stereocenters. The van der Waals surface area contributed by atoms with Gasteiger partial charge in [-0.2, -0.15) is 5.10 Å². The zero-order valence-corrected chi connectivity index (χ0v) is 10.7. The molecule has 4 heteroatoms. The van der Waals surface area contributed by atoms with Crippen molar-refractivity contribution >= 4 is 0 Å². The van der Waals surface area contributed by atoms with Crippen molar-refractivity contribution in [2.24, 2.45) is 0 Å². The molecule has 19 heavy (non-hydrogen) atoms. The quantitative estimate of drug-likeness (QED) is 0.810. The minimum absolute atomic E-state index is 0.209. The number of benzene rings is 1. The molecule has 0 amide bonds. The molecule has 0 spiro atoms. The van der Waals surface area contributed by atoms with E-state index in [0.717, 1.165) is 31.5 Å². The molecule has 0 bridgehead atoms. The molecule has 2 heterocycles. The molecule has 0 saturated heterocycles. The van der Waals surface area contributed by atoms with Gasteiger partial charge < -0.3 is 5.11 Å². The molecule has 1 aliphatic heterocycles. The molecule has 0 saturated carbocycles. The molecule has 2 aliphatic rings. The first-order valence-electron chi connectivity index (χ1n) is 6.84. The van der Waals surface area contributed by atoms with Crippen LogP contribution < -0.4 is 0 Å². The van der Waals surface area contributed by atoms with Crippen LogP contribution in [0, 0.1) is 0 Å². The molecule has 1 aromatic heterocycles. The van der Waals surface area contributed by atoms with Crippen molar-refractivity contribution in [3.05, 3.63) is 52.8 Å². The lowest BCUT2D eigenvalue weighted by molar-refractivity contribution is 0.0525. The second-order valence-electron chi connectivity index (χ2n) is 5.51. The number of aliphatic hydroxyl groups excluding tert-OH is 1. The van der Waals surface area contributed by atoms with E-state index >= 15 is 0 Å². The van der Waals surface area contributed by atoms with Gasteiger partial charge in [0.2, 0.25) is 0 Å². The fraction of sp³-hybridized carbons (Fsp3) is 0.400. The van der Waals surface area contributed by atoms with Gasteiger partial charge in [0.15, 0.2) is 0 Å². The van der Waals surface area contributed by atoms with Crippen LogP contribution in [0.1, 0.15) is 28.5 Å². The second kappa shape index (κ2) is 4.18. The predicted octanol–water partition coefficient (Wildman–Crippen LogP) is 1.43. The highest BCUT2D eigenvalue weighted by Gasteiger charge is 2.36. The third kappa shape index (κ3) is 1.71. The zero-order chi connectivity index (χ0) is 12.8. The van der Waals surface area contributed by atoms with Crippen LogP contribution in [0.15, 0.2) is 30.5 Å². The smallest absolute Gasteiger partial charge is 0.0951 e. The largest absolute Gasteiger partial charge is 0.387 e. The van der Waals surface area contributed by atoms with Crippen molar-refractivity contribution < 1.29 is 5.11 Å². The highest BCUT2D eigenvalue weighted by atomic mass is 16.3. The Balaban J connectivity index is 1.60. The monoisotopic (exact) mass is 255 g/mol. The summed E-state index contributed by atoms with van der Waals surface area (Å²) >= 11 is 0. The fourth-order valence-electron chi connectivity index (χ4n) is 3.41. The first-order chi connectivity index (χ1) is 9.33. The van der Waals surface area contributed by atoms with Crippen molar-refractivity contribution in [2.45, 2.75) is 31.5 Å². The van der Waals surface area contributed by atoms with Gasteiger partial charge in [0.25, 0.3) is 0 Å². The molecule has 98 valence electrons. The molecular weight excluding hydrogens is 238 g/mol. The third-order valence-corrected chi connectivity index (χ3v) is 4.47. The lowest BCUT2D eigenvalue weighted by atomic mass is 10.0. The van der Waals surface area contributed by atoms with Crippen LogP contribution in [-0.2, 0) is 19.4 Å². The summed E-state index contributed by atoms with van der Waals surface area (Å²) in [6.45, 7) is 1.88. The minimum atomic E-state index is -0.357. The van der Waals surface area contributed by atoms with Gasteiger partial charge in [0.1, 0.15) is 0 Å². The summed E-state index contributed by atoms with van der Waals surface area (Å²) in [5, 5.41) is 17.7. The van der Waals surface area contributed by atoms with E-state index in [1.807, 2.05) is 18.3 Å². The highest BCUT2D eigenvalue weighted by Crippen LogP contribution is 2.36. The molecule has 2 N–H and O–H groups in total. The summed E-state index contributed by atoms with van der Waals surface area (Å²) in [5.41, 5.74) is 4.92. The van der Waals surface area contributed by atoms with Gasteiger partial charge in [-0.05, 0) is 17.5 Å². The number of hydrogen-bond acceptors (Lipinski definition) is 3. The average Bonchev–Trinajstić information content (AvgIpc) is 3.03. The molecule has 1 aliphatic carbocycles. The maximum Gasteiger partial charge on any atom is 0.0951 e. The summed E-state index contributed by atoms with van der Waals surface area (Å²) < 4.78 is 0. The standard InChI is InChI=1S/C15H17N3O/c19-15-12-4-2-1-3-10(12)7-14(15)18-6-5-13-11(9-18)8-16-17-13/h1-4,8,14-15,19H,5-7,9H2,(H,16,17)/t14-,15-/m0/s1. The Morgan fingerprint density at radius 3 is 3.05 bits per heavy atom. The van der Waals surface area contributed by atoms with Crippen molar-refractivity contribution in [3.63, 3.8) is 0 Å². The van der Waals surface area contributed by atoms with E-state index in [2.05, 4.69) is 27.2 Å².